The Labute approximate surface area is 68.0 Å². The molecule has 0 atom stereocenters. The molecule has 11 heavy (non-hydrogen) atoms. The lowest BCUT2D eigenvalue weighted by atomic mass is 10.1. The zero-order valence-electron chi connectivity index (χ0n) is 7.21. The molecule has 0 aromatic heterocycles. The molecule has 0 amide bonds. The molecule has 0 N–H and O–H groups in total. The lowest BCUT2D eigenvalue weighted by Gasteiger charge is -2.14. The van der Waals surface area contributed by atoms with Crippen LogP contribution >= 0.6 is 0 Å². The second-order valence-electron chi connectivity index (χ2n) is 2.92. The predicted molar refractivity (Wildman–Crippen MR) is 43.7 cm³/mol. The Morgan fingerprint density at radius 1 is 1.18 bits per heavy atom. The van der Waals surface area contributed by atoms with E-state index in [9.17, 15) is 8.78 Å². The highest BCUT2D eigenvalue weighted by molar-refractivity contribution is 4.65. The van der Waals surface area contributed by atoms with Crippen LogP contribution in [0.15, 0.2) is 0 Å². The number of alkyl halides is 2. The Morgan fingerprint density at radius 3 is 2.18 bits per heavy atom. The minimum atomic E-state index is -2.44. The summed E-state index contributed by atoms with van der Waals surface area (Å²) >= 11 is 0. The highest BCUT2D eigenvalue weighted by Crippen LogP contribution is 2.26. The lowest BCUT2D eigenvalue weighted by Crippen LogP contribution is -2.15. The van der Waals surface area contributed by atoms with E-state index in [-0.39, 0.29) is 12.8 Å². The average Bonchev–Trinajstić information content (AvgIpc) is 1.97. The first-order valence-electron chi connectivity index (χ1n) is 4.29. The van der Waals surface area contributed by atoms with Gasteiger partial charge < -0.3 is 0 Å². The average molecular weight is 163 g/mol. The van der Waals surface area contributed by atoms with Gasteiger partial charge >= 0.3 is 0 Å². The molecule has 0 heterocycles. The first kappa shape index (κ1) is 10.9. The Balaban J connectivity index is 3.43. The largest absolute Gasteiger partial charge is 0.248 e. The van der Waals surface area contributed by atoms with Crippen LogP contribution in [0.2, 0.25) is 0 Å². The fraction of sp³-hybridized carbons (Fsp3) is 0.889. The molecule has 1 radical (unpaired) electrons. The zero-order chi connectivity index (χ0) is 8.74. The first-order chi connectivity index (χ1) is 5.12. The fourth-order valence-corrected chi connectivity index (χ4v) is 0.944. The van der Waals surface area contributed by atoms with Crippen LogP contribution < -0.4 is 0 Å². The normalized spacial score (nSPS) is 12.0. The molecular weight excluding hydrogens is 146 g/mol. The molecule has 0 fully saturated rings. The number of hydrogen-bond donors (Lipinski definition) is 0. The minimum Gasteiger partial charge on any atom is -0.207 e. The Kier molecular flexibility index (Phi) is 5.43. The van der Waals surface area contributed by atoms with Crippen LogP contribution in [0.4, 0.5) is 8.78 Å². The van der Waals surface area contributed by atoms with Crippen LogP contribution in [0.5, 0.6) is 0 Å². The van der Waals surface area contributed by atoms with Gasteiger partial charge in [-0.2, -0.15) is 0 Å². The SMILES string of the molecule is [CH2]CCCC(F)(F)CCCC. The molecule has 2 heteroatoms. The summed E-state index contributed by atoms with van der Waals surface area (Å²) < 4.78 is 25.5. The first-order valence-corrected chi connectivity index (χ1v) is 4.29. The summed E-state index contributed by atoms with van der Waals surface area (Å²) in [6, 6.07) is 0. The van der Waals surface area contributed by atoms with Gasteiger partial charge in [-0.3, -0.25) is 0 Å². The quantitative estimate of drug-likeness (QED) is 0.558. The number of hydrogen-bond acceptors (Lipinski definition) is 0. The van der Waals surface area contributed by atoms with E-state index in [1.165, 1.54) is 0 Å². The maximum Gasteiger partial charge on any atom is 0.248 e. The summed E-state index contributed by atoms with van der Waals surface area (Å²) in [5.74, 6) is -2.44. The third-order valence-corrected chi connectivity index (χ3v) is 1.69. The molecule has 0 saturated carbocycles. The summed E-state index contributed by atoms with van der Waals surface area (Å²) in [5, 5.41) is 0. The molecule has 0 nitrogen and oxygen atoms in total. The molecular formula is C9H17F2. The number of rotatable bonds is 6. The number of halogens is 2. The second kappa shape index (κ2) is 5.50. The van der Waals surface area contributed by atoms with E-state index < -0.39 is 5.92 Å². The van der Waals surface area contributed by atoms with Crippen molar-refractivity contribution >= 4 is 0 Å². The monoisotopic (exact) mass is 163 g/mol. The van der Waals surface area contributed by atoms with Gasteiger partial charge in [-0.15, -0.1) is 0 Å². The summed E-state index contributed by atoms with van der Waals surface area (Å²) in [4.78, 5) is 0. The van der Waals surface area contributed by atoms with Crippen LogP contribution in [0.25, 0.3) is 0 Å². The molecule has 0 aromatic rings. The van der Waals surface area contributed by atoms with Gasteiger partial charge in [0.1, 0.15) is 0 Å². The third kappa shape index (κ3) is 6.27. The van der Waals surface area contributed by atoms with Crippen molar-refractivity contribution in [3.05, 3.63) is 6.92 Å². The van der Waals surface area contributed by atoms with Gasteiger partial charge in [-0.25, -0.2) is 8.78 Å². The topological polar surface area (TPSA) is 0 Å². The Morgan fingerprint density at radius 2 is 1.73 bits per heavy atom. The van der Waals surface area contributed by atoms with E-state index >= 15 is 0 Å². The zero-order valence-corrected chi connectivity index (χ0v) is 7.21. The van der Waals surface area contributed by atoms with Crippen molar-refractivity contribution in [2.75, 3.05) is 0 Å². The molecule has 0 aliphatic rings. The van der Waals surface area contributed by atoms with Crippen molar-refractivity contribution in [1.82, 2.24) is 0 Å². The lowest BCUT2D eigenvalue weighted by molar-refractivity contribution is -0.0195. The smallest absolute Gasteiger partial charge is 0.207 e. The van der Waals surface area contributed by atoms with Crippen molar-refractivity contribution in [1.29, 1.82) is 0 Å². The van der Waals surface area contributed by atoms with E-state index in [4.69, 9.17) is 0 Å². The minimum absolute atomic E-state index is 0.0104. The second-order valence-corrected chi connectivity index (χ2v) is 2.92. The Hall–Kier alpha value is -0.140. The molecule has 0 rings (SSSR count). The van der Waals surface area contributed by atoms with Crippen LogP contribution in [-0.2, 0) is 0 Å². The predicted octanol–water partition coefficient (Wildman–Crippen LogP) is 3.82. The van der Waals surface area contributed by atoms with Gasteiger partial charge in [-0.1, -0.05) is 26.7 Å². The molecule has 0 aliphatic heterocycles. The van der Waals surface area contributed by atoms with Crippen molar-refractivity contribution in [3.8, 4) is 0 Å². The van der Waals surface area contributed by atoms with Crippen molar-refractivity contribution in [2.24, 2.45) is 0 Å². The van der Waals surface area contributed by atoms with Gasteiger partial charge in [0.05, 0.1) is 0 Å². The number of unbranched alkanes of at least 4 members (excludes halogenated alkanes) is 2. The maximum atomic E-state index is 12.8. The van der Waals surface area contributed by atoms with Gasteiger partial charge in [0.2, 0.25) is 5.92 Å². The summed E-state index contributed by atoms with van der Waals surface area (Å²) in [5.41, 5.74) is 0. The van der Waals surface area contributed by atoms with E-state index in [0.29, 0.717) is 19.3 Å². The van der Waals surface area contributed by atoms with E-state index in [0.717, 1.165) is 6.42 Å². The molecule has 0 unspecified atom stereocenters. The van der Waals surface area contributed by atoms with E-state index in [2.05, 4.69) is 6.92 Å². The van der Waals surface area contributed by atoms with Crippen LogP contribution in [0.1, 0.15) is 45.4 Å². The molecule has 0 spiro atoms. The highest BCUT2D eigenvalue weighted by atomic mass is 19.3. The van der Waals surface area contributed by atoms with E-state index in [1.54, 1.807) is 0 Å². The molecule has 0 aliphatic carbocycles. The molecule has 0 bridgehead atoms. The van der Waals surface area contributed by atoms with Gasteiger partial charge in [-0.05, 0) is 12.8 Å². The summed E-state index contributed by atoms with van der Waals surface area (Å²) in [6.07, 6.45) is 2.68. The van der Waals surface area contributed by atoms with Crippen molar-refractivity contribution in [3.63, 3.8) is 0 Å². The van der Waals surface area contributed by atoms with Crippen molar-refractivity contribution < 1.29 is 8.78 Å². The summed E-state index contributed by atoms with van der Waals surface area (Å²) in [6.45, 7) is 5.46. The van der Waals surface area contributed by atoms with Gasteiger partial charge in [0.25, 0.3) is 0 Å². The summed E-state index contributed by atoms with van der Waals surface area (Å²) in [7, 11) is 0. The van der Waals surface area contributed by atoms with Crippen LogP contribution in [-0.4, -0.2) is 5.92 Å². The van der Waals surface area contributed by atoms with Gasteiger partial charge in [0, 0.05) is 12.8 Å². The fourth-order valence-electron chi connectivity index (χ4n) is 0.944. The highest BCUT2D eigenvalue weighted by Gasteiger charge is 2.26. The molecule has 67 valence electrons. The Bertz CT molecular complexity index is 79.6. The third-order valence-electron chi connectivity index (χ3n) is 1.69. The van der Waals surface area contributed by atoms with Gasteiger partial charge in [0.15, 0.2) is 0 Å². The maximum absolute atomic E-state index is 12.8. The van der Waals surface area contributed by atoms with Crippen LogP contribution in [0, 0.1) is 6.92 Å². The molecule has 0 saturated heterocycles. The standard InChI is InChI=1S/C9H17F2/c1-3-5-7-9(10,11)8-6-4-2/h1,3-8H2,2H3. The molecule has 0 aromatic carbocycles. The van der Waals surface area contributed by atoms with Crippen LogP contribution in [0.3, 0.4) is 0 Å². The van der Waals surface area contributed by atoms with E-state index in [1.807, 2.05) is 6.92 Å². The van der Waals surface area contributed by atoms with Crippen molar-refractivity contribution in [2.45, 2.75) is 51.4 Å².